The first kappa shape index (κ1) is 17.0. The minimum Gasteiger partial charge on any atom is -0.481 e. The molecule has 2 amide bonds. The van der Waals surface area contributed by atoms with Crippen LogP contribution < -0.4 is 10.6 Å². The van der Waals surface area contributed by atoms with E-state index in [2.05, 4.69) is 10.6 Å². The summed E-state index contributed by atoms with van der Waals surface area (Å²) in [5, 5.41) is 22.9. The number of aryl methyl sites for hydroxylation is 1. The van der Waals surface area contributed by atoms with Crippen LogP contribution in [0.2, 0.25) is 0 Å². The van der Waals surface area contributed by atoms with Crippen LogP contribution in [0.15, 0.2) is 30.3 Å². The van der Waals surface area contributed by atoms with Crippen LogP contribution in [0.25, 0.3) is 0 Å². The molecule has 6 nitrogen and oxygen atoms in total. The van der Waals surface area contributed by atoms with Gasteiger partial charge in [0.25, 0.3) is 0 Å². The number of aliphatic hydroxyl groups excluding tert-OH is 1. The zero-order valence-corrected chi connectivity index (χ0v) is 11.9. The molecule has 0 heterocycles. The summed E-state index contributed by atoms with van der Waals surface area (Å²) in [7, 11) is 0. The molecule has 1 aromatic carbocycles. The van der Waals surface area contributed by atoms with Gasteiger partial charge in [-0.2, -0.15) is 0 Å². The highest BCUT2D eigenvalue weighted by molar-refractivity contribution is 5.74. The van der Waals surface area contributed by atoms with Crippen LogP contribution in [0, 0.1) is 5.92 Å². The number of carboxylic acids is 1. The number of aliphatic hydroxyl groups is 1. The number of hydrogen-bond acceptors (Lipinski definition) is 3. The Bertz CT molecular complexity index is 437. The van der Waals surface area contributed by atoms with Crippen molar-refractivity contribution in [3.63, 3.8) is 0 Å². The number of benzene rings is 1. The summed E-state index contributed by atoms with van der Waals surface area (Å²) >= 11 is 0. The molecule has 0 spiro atoms. The summed E-state index contributed by atoms with van der Waals surface area (Å²) in [6.07, 6.45) is 1.56. The maximum atomic E-state index is 11.5. The van der Waals surface area contributed by atoms with E-state index < -0.39 is 11.9 Å². The fraction of sp³-hybridized carbons (Fsp3) is 0.467. The molecule has 0 aliphatic rings. The molecule has 0 saturated carbocycles. The first-order valence-electron chi connectivity index (χ1n) is 7.00. The fourth-order valence-corrected chi connectivity index (χ4v) is 1.89. The number of carboxylic acid groups (broad SMARTS) is 1. The smallest absolute Gasteiger partial charge is 0.314 e. The van der Waals surface area contributed by atoms with Gasteiger partial charge >= 0.3 is 12.0 Å². The lowest BCUT2D eigenvalue weighted by Gasteiger charge is -2.13. The summed E-state index contributed by atoms with van der Waals surface area (Å²) in [6.45, 7) is 0.428. The van der Waals surface area contributed by atoms with Crippen LogP contribution >= 0.6 is 0 Å². The zero-order chi connectivity index (χ0) is 15.5. The van der Waals surface area contributed by atoms with Gasteiger partial charge in [0.15, 0.2) is 0 Å². The van der Waals surface area contributed by atoms with Crippen molar-refractivity contribution in [2.75, 3.05) is 19.7 Å². The second-order valence-corrected chi connectivity index (χ2v) is 4.87. The fourth-order valence-electron chi connectivity index (χ4n) is 1.89. The molecule has 0 saturated heterocycles. The number of hydrogen-bond donors (Lipinski definition) is 4. The van der Waals surface area contributed by atoms with E-state index in [1.54, 1.807) is 0 Å². The van der Waals surface area contributed by atoms with Crippen molar-refractivity contribution in [2.24, 2.45) is 5.92 Å². The van der Waals surface area contributed by atoms with Crippen molar-refractivity contribution < 1.29 is 19.8 Å². The molecule has 0 aromatic heterocycles. The molecule has 1 rings (SSSR count). The molecular weight excluding hydrogens is 272 g/mol. The van der Waals surface area contributed by atoms with Gasteiger partial charge in [-0.25, -0.2) is 4.79 Å². The molecule has 6 heteroatoms. The first-order valence-corrected chi connectivity index (χ1v) is 7.00. The number of nitrogens with one attached hydrogen (secondary N) is 2. The maximum Gasteiger partial charge on any atom is 0.314 e. The Morgan fingerprint density at radius 1 is 1.14 bits per heavy atom. The number of rotatable bonds is 9. The van der Waals surface area contributed by atoms with Crippen molar-refractivity contribution in [1.82, 2.24) is 10.6 Å². The van der Waals surface area contributed by atoms with Crippen molar-refractivity contribution in [1.29, 1.82) is 0 Å². The molecule has 0 aliphatic heterocycles. The Kier molecular flexibility index (Phi) is 7.89. The van der Waals surface area contributed by atoms with Crippen LogP contribution in [-0.2, 0) is 11.2 Å². The van der Waals surface area contributed by atoms with Gasteiger partial charge in [0.05, 0.1) is 6.42 Å². The molecule has 1 atom stereocenters. The Labute approximate surface area is 124 Å². The molecular formula is C15H22N2O4. The Balaban J connectivity index is 2.12. The van der Waals surface area contributed by atoms with Crippen molar-refractivity contribution in [2.45, 2.75) is 19.3 Å². The number of carbonyl (C=O) groups excluding carboxylic acids is 1. The monoisotopic (exact) mass is 294 g/mol. The average molecular weight is 294 g/mol. The first-order chi connectivity index (χ1) is 10.1. The molecule has 1 aromatic rings. The quantitative estimate of drug-likeness (QED) is 0.511. The molecule has 4 N–H and O–H groups in total. The molecule has 21 heavy (non-hydrogen) atoms. The van der Waals surface area contributed by atoms with Crippen molar-refractivity contribution in [3.05, 3.63) is 35.9 Å². The van der Waals surface area contributed by atoms with Gasteiger partial charge < -0.3 is 20.8 Å². The summed E-state index contributed by atoms with van der Waals surface area (Å²) in [5.41, 5.74) is 1.22. The summed E-state index contributed by atoms with van der Waals surface area (Å²) < 4.78 is 0. The predicted octanol–water partition coefficient (Wildman–Crippen LogP) is 1.00. The van der Waals surface area contributed by atoms with Crippen molar-refractivity contribution >= 4 is 12.0 Å². The molecule has 1 unspecified atom stereocenters. The largest absolute Gasteiger partial charge is 0.481 e. The Morgan fingerprint density at radius 2 is 1.86 bits per heavy atom. The highest BCUT2D eigenvalue weighted by Gasteiger charge is 2.13. The standard InChI is InChI=1S/C15H22N2O4/c18-11-13(9-14(19)20)10-17-15(21)16-8-4-7-12-5-2-1-3-6-12/h1-3,5-6,13,18H,4,7-11H2,(H,19,20)(H2,16,17,21). The van der Waals surface area contributed by atoms with Crippen LogP contribution in [0.4, 0.5) is 4.79 Å². The number of carbonyl (C=O) groups is 2. The van der Waals surface area contributed by atoms with E-state index in [9.17, 15) is 9.59 Å². The topological polar surface area (TPSA) is 98.7 Å². The van der Waals surface area contributed by atoms with E-state index in [-0.39, 0.29) is 25.6 Å². The van der Waals surface area contributed by atoms with Crippen LogP contribution in [0.3, 0.4) is 0 Å². The van der Waals surface area contributed by atoms with E-state index in [4.69, 9.17) is 10.2 Å². The lowest BCUT2D eigenvalue weighted by Crippen LogP contribution is -2.39. The maximum absolute atomic E-state index is 11.5. The van der Waals surface area contributed by atoms with Gasteiger partial charge in [0, 0.05) is 25.6 Å². The van der Waals surface area contributed by atoms with Gasteiger partial charge in [-0.15, -0.1) is 0 Å². The van der Waals surface area contributed by atoms with Crippen LogP contribution in [-0.4, -0.2) is 41.9 Å². The SMILES string of the molecule is O=C(O)CC(CO)CNC(=O)NCCCc1ccccc1. The lowest BCUT2D eigenvalue weighted by molar-refractivity contribution is -0.138. The minimum atomic E-state index is -0.987. The molecule has 116 valence electrons. The van der Waals surface area contributed by atoms with Crippen molar-refractivity contribution in [3.8, 4) is 0 Å². The molecule has 0 aliphatic carbocycles. The summed E-state index contributed by atoms with van der Waals surface area (Å²) in [5.74, 6) is -1.45. The number of amides is 2. The van der Waals surface area contributed by atoms with E-state index in [1.165, 1.54) is 5.56 Å². The average Bonchev–Trinajstić information content (AvgIpc) is 2.48. The second kappa shape index (κ2) is 9.77. The minimum absolute atomic E-state index is 0.146. The number of urea groups is 1. The lowest BCUT2D eigenvalue weighted by atomic mass is 10.1. The van der Waals surface area contributed by atoms with Gasteiger partial charge in [0.1, 0.15) is 0 Å². The highest BCUT2D eigenvalue weighted by Crippen LogP contribution is 2.02. The predicted molar refractivity (Wildman–Crippen MR) is 79.0 cm³/mol. The van der Waals surface area contributed by atoms with Gasteiger partial charge in [-0.1, -0.05) is 30.3 Å². The van der Waals surface area contributed by atoms with Gasteiger partial charge in [0.2, 0.25) is 0 Å². The van der Waals surface area contributed by atoms with E-state index in [0.29, 0.717) is 6.54 Å². The second-order valence-electron chi connectivity index (χ2n) is 4.87. The van der Waals surface area contributed by atoms with Gasteiger partial charge in [-0.3, -0.25) is 4.79 Å². The highest BCUT2D eigenvalue weighted by atomic mass is 16.4. The zero-order valence-electron chi connectivity index (χ0n) is 11.9. The third-order valence-electron chi connectivity index (χ3n) is 3.04. The van der Waals surface area contributed by atoms with Crippen LogP contribution in [0.5, 0.6) is 0 Å². The van der Waals surface area contributed by atoms with E-state index >= 15 is 0 Å². The third-order valence-corrected chi connectivity index (χ3v) is 3.04. The normalized spacial score (nSPS) is 11.7. The molecule has 0 bridgehead atoms. The number of aliphatic carboxylic acids is 1. The van der Waals surface area contributed by atoms with Gasteiger partial charge in [-0.05, 0) is 18.4 Å². The Morgan fingerprint density at radius 3 is 2.48 bits per heavy atom. The van der Waals surface area contributed by atoms with Crippen LogP contribution in [0.1, 0.15) is 18.4 Å². The summed E-state index contributed by atoms with van der Waals surface area (Å²) in [6, 6.07) is 9.66. The van der Waals surface area contributed by atoms with E-state index in [1.807, 2.05) is 30.3 Å². The molecule has 0 fully saturated rings. The summed E-state index contributed by atoms with van der Waals surface area (Å²) in [4.78, 5) is 22.0. The molecule has 0 radical (unpaired) electrons. The third kappa shape index (κ3) is 7.94. The Hall–Kier alpha value is -2.08. The van der Waals surface area contributed by atoms with E-state index in [0.717, 1.165) is 12.8 Å².